The molecule has 3 aromatic heterocycles. The van der Waals surface area contributed by atoms with Gasteiger partial charge in [-0.1, -0.05) is 6.08 Å². The van der Waals surface area contributed by atoms with Crippen molar-refractivity contribution in [3.05, 3.63) is 103 Å². The Morgan fingerprint density at radius 1 is 0.846 bits per heavy atom. The summed E-state index contributed by atoms with van der Waals surface area (Å²) in [5, 5.41) is 0. The molecule has 0 spiro atoms. The monoisotopic (exact) mass is 341 g/mol. The van der Waals surface area contributed by atoms with E-state index in [0.717, 1.165) is 26.1 Å². The predicted octanol–water partition coefficient (Wildman–Crippen LogP) is 3.47. The third kappa shape index (κ3) is 4.08. The summed E-state index contributed by atoms with van der Waals surface area (Å²) in [5.74, 6) is 0. The number of aromatic nitrogens is 3. The van der Waals surface area contributed by atoms with Gasteiger partial charge in [0.15, 0.2) is 31.3 Å². The standard InChI is InChI=1S/C23H23N3/c1-2-7-21(6-1)20-26-18-10-23(11-19-26)22-8-16-25(17-9-22)15-5-14-24-12-3-4-13-24/h1-4,6,8-13,16-19H,5,14-15,20H2/q+2. The van der Waals surface area contributed by atoms with Gasteiger partial charge in [-0.15, -0.1) is 5.73 Å². The fraction of sp³-hybridized carbons (Fsp3) is 0.174. The maximum atomic E-state index is 3.24. The fourth-order valence-electron chi connectivity index (χ4n) is 3.17. The number of pyridine rings is 2. The molecule has 4 rings (SSSR count). The van der Waals surface area contributed by atoms with E-state index in [9.17, 15) is 0 Å². The Morgan fingerprint density at radius 3 is 2.12 bits per heavy atom. The number of hydrogen-bond acceptors (Lipinski definition) is 0. The van der Waals surface area contributed by atoms with Crippen LogP contribution < -0.4 is 9.13 Å². The van der Waals surface area contributed by atoms with E-state index in [1.807, 2.05) is 12.2 Å². The Morgan fingerprint density at radius 2 is 1.50 bits per heavy atom. The van der Waals surface area contributed by atoms with E-state index in [1.54, 1.807) is 0 Å². The van der Waals surface area contributed by atoms with E-state index < -0.39 is 0 Å². The normalized spacial score (nSPS) is 12.5. The van der Waals surface area contributed by atoms with E-state index >= 15 is 0 Å². The van der Waals surface area contributed by atoms with E-state index in [2.05, 4.69) is 99.1 Å². The molecule has 0 saturated heterocycles. The molecule has 26 heavy (non-hydrogen) atoms. The van der Waals surface area contributed by atoms with Crippen molar-refractivity contribution in [2.75, 3.05) is 0 Å². The number of hydrogen-bond donors (Lipinski definition) is 0. The molecule has 0 radical (unpaired) electrons. The molecule has 3 heterocycles. The highest BCUT2D eigenvalue weighted by Gasteiger charge is 2.07. The first-order valence-electron chi connectivity index (χ1n) is 9.08. The Balaban J connectivity index is 1.35. The first-order valence-corrected chi connectivity index (χ1v) is 9.08. The van der Waals surface area contributed by atoms with Gasteiger partial charge in [-0.2, -0.15) is 0 Å². The third-order valence-corrected chi connectivity index (χ3v) is 4.63. The van der Waals surface area contributed by atoms with Crippen LogP contribution in [0, 0.1) is 0 Å². The zero-order chi connectivity index (χ0) is 17.6. The van der Waals surface area contributed by atoms with Crippen molar-refractivity contribution < 1.29 is 9.13 Å². The van der Waals surface area contributed by atoms with Crippen LogP contribution in [0.3, 0.4) is 0 Å². The summed E-state index contributed by atoms with van der Waals surface area (Å²) in [7, 11) is 0. The van der Waals surface area contributed by atoms with Crippen LogP contribution in [-0.2, 0) is 19.6 Å². The second kappa shape index (κ2) is 7.81. The molecular weight excluding hydrogens is 318 g/mol. The van der Waals surface area contributed by atoms with Gasteiger partial charge in [0.1, 0.15) is 6.54 Å². The summed E-state index contributed by atoms with van der Waals surface area (Å²) in [6.45, 7) is 2.95. The summed E-state index contributed by atoms with van der Waals surface area (Å²) in [4.78, 5) is 0. The highest BCUT2D eigenvalue weighted by molar-refractivity contribution is 5.60. The summed E-state index contributed by atoms with van der Waals surface area (Å²) in [6, 6.07) is 12.9. The summed E-state index contributed by atoms with van der Waals surface area (Å²) < 4.78 is 6.66. The average Bonchev–Trinajstić information content (AvgIpc) is 3.37. The number of nitrogens with zero attached hydrogens (tertiary/aromatic N) is 3. The van der Waals surface area contributed by atoms with Gasteiger partial charge in [0.2, 0.25) is 0 Å². The van der Waals surface area contributed by atoms with Crippen molar-refractivity contribution in [1.82, 2.24) is 4.57 Å². The SMILES string of the molecule is C1=CC=CC=1C[n+]1ccc(-c2cc[n+](CCCn3cccc3)cc2)cc1. The Labute approximate surface area is 154 Å². The molecule has 0 aliphatic heterocycles. The largest absolute Gasteiger partial charge is 0.354 e. The highest BCUT2D eigenvalue weighted by Crippen LogP contribution is 2.15. The van der Waals surface area contributed by atoms with Crippen LogP contribution in [0.2, 0.25) is 0 Å². The van der Waals surface area contributed by atoms with Gasteiger partial charge in [-0.3, -0.25) is 0 Å². The van der Waals surface area contributed by atoms with Crippen molar-refractivity contribution >= 4 is 0 Å². The smallest absolute Gasteiger partial charge is 0.180 e. The molecule has 0 bridgehead atoms. The summed E-state index contributed by atoms with van der Waals surface area (Å²) in [6.07, 6.45) is 20.1. The second-order valence-corrected chi connectivity index (χ2v) is 6.55. The molecule has 3 nitrogen and oxygen atoms in total. The van der Waals surface area contributed by atoms with Crippen LogP contribution in [-0.4, -0.2) is 4.57 Å². The maximum Gasteiger partial charge on any atom is 0.180 e. The Bertz CT molecular complexity index is 940. The minimum absolute atomic E-state index is 0.865. The van der Waals surface area contributed by atoms with Crippen molar-refractivity contribution in [2.24, 2.45) is 0 Å². The summed E-state index contributed by atoms with van der Waals surface area (Å²) >= 11 is 0. The molecule has 0 unspecified atom stereocenters. The molecule has 1 aliphatic rings. The number of allylic oxidation sites excluding steroid dienone is 3. The van der Waals surface area contributed by atoms with Gasteiger partial charge in [-0.05, 0) is 35.4 Å². The van der Waals surface area contributed by atoms with Crippen LogP contribution in [0.5, 0.6) is 0 Å². The molecule has 0 N–H and O–H groups in total. The van der Waals surface area contributed by atoms with Gasteiger partial charge in [0, 0.05) is 49.6 Å². The van der Waals surface area contributed by atoms with Crippen molar-refractivity contribution in [2.45, 2.75) is 26.1 Å². The van der Waals surface area contributed by atoms with Gasteiger partial charge in [-0.25, -0.2) is 9.13 Å². The van der Waals surface area contributed by atoms with E-state index in [1.165, 1.54) is 16.7 Å². The molecule has 0 aromatic carbocycles. The molecule has 1 aliphatic carbocycles. The zero-order valence-electron chi connectivity index (χ0n) is 14.8. The van der Waals surface area contributed by atoms with E-state index in [4.69, 9.17) is 0 Å². The van der Waals surface area contributed by atoms with Crippen LogP contribution in [0.25, 0.3) is 11.1 Å². The minimum atomic E-state index is 0.865. The lowest BCUT2D eigenvalue weighted by Crippen LogP contribution is -2.33. The lowest BCUT2D eigenvalue weighted by Gasteiger charge is -2.03. The van der Waals surface area contributed by atoms with E-state index in [-0.39, 0.29) is 0 Å². The molecule has 3 aromatic rings. The van der Waals surface area contributed by atoms with Gasteiger partial charge in [0.25, 0.3) is 0 Å². The van der Waals surface area contributed by atoms with E-state index in [0.29, 0.717) is 0 Å². The molecule has 3 heteroatoms. The third-order valence-electron chi connectivity index (χ3n) is 4.63. The van der Waals surface area contributed by atoms with Crippen LogP contribution in [0.1, 0.15) is 6.42 Å². The lowest BCUT2D eigenvalue weighted by molar-refractivity contribution is -0.697. The first-order chi connectivity index (χ1) is 12.9. The number of rotatable bonds is 7. The predicted molar refractivity (Wildman–Crippen MR) is 102 cm³/mol. The second-order valence-electron chi connectivity index (χ2n) is 6.55. The van der Waals surface area contributed by atoms with Crippen LogP contribution >= 0.6 is 0 Å². The quantitative estimate of drug-likeness (QED) is 0.461. The number of aryl methyl sites for hydroxylation is 2. The molecule has 0 atom stereocenters. The Hall–Kier alpha value is -3.16. The maximum absolute atomic E-state index is 3.24. The summed E-state index contributed by atoms with van der Waals surface area (Å²) in [5.41, 5.74) is 6.94. The topological polar surface area (TPSA) is 12.7 Å². The van der Waals surface area contributed by atoms with Crippen LogP contribution in [0.4, 0.5) is 0 Å². The molecule has 128 valence electrons. The first kappa shape index (κ1) is 16.3. The van der Waals surface area contributed by atoms with Gasteiger partial charge >= 0.3 is 0 Å². The van der Waals surface area contributed by atoms with Crippen molar-refractivity contribution in [1.29, 1.82) is 0 Å². The molecule has 0 fully saturated rings. The van der Waals surface area contributed by atoms with Gasteiger partial charge in [0.05, 0.1) is 5.57 Å². The molecule has 0 saturated carbocycles. The zero-order valence-corrected chi connectivity index (χ0v) is 14.8. The van der Waals surface area contributed by atoms with Crippen molar-refractivity contribution in [3.8, 4) is 11.1 Å². The fourth-order valence-corrected chi connectivity index (χ4v) is 3.17. The minimum Gasteiger partial charge on any atom is -0.354 e. The van der Waals surface area contributed by atoms with Gasteiger partial charge < -0.3 is 4.57 Å². The molecular formula is C23H23N3+2. The van der Waals surface area contributed by atoms with Crippen molar-refractivity contribution in [3.63, 3.8) is 0 Å². The Kier molecular flexibility index (Phi) is 4.90. The van der Waals surface area contributed by atoms with Crippen LogP contribution in [0.15, 0.2) is 103 Å². The lowest BCUT2D eigenvalue weighted by atomic mass is 10.1. The average molecular weight is 341 g/mol. The highest BCUT2D eigenvalue weighted by atomic mass is 15.0. The molecule has 0 amide bonds.